The molecule has 27 heavy (non-hydrogen) atoms. The van der Waals surface area contributed by atoms with Gasteiger partial charge < -0.3 is 4.74 Å². The van der Waals surface area contributed by atoms with Crippen LogP contribution in [0.5, 0.6) is 0 Å². The lowest BCUT2D eigenvalue weighted by atomic mass is 9.82. The third-order valence-electron chi connectivity index (χ3n) is 4.55. The lowest BCUT2D eigenvalue weighted by Crippen LogP contribution is -2.36. The van der Waals surface area contributed by atoms with Gasteiger partial charge in [-0.25, -0.2) is 0 Å². The lowest BCUT2D eigenvalue weighted by molar-refractivity contribution is -0.00168. The molecular formula is C18H30O7S2. The lowest BCUT2D eigenvalue weighted by Gasteiger charge is -2.31. The molecule has 4 atom stereocenters. The first-order chi connectivity index (χ1) is 12.4. The van der Waals surface area contributed by atoms with Crippen LogP contribution in [-0.4, -0.2) is 48.7 Å². The van der Waals surface area contributed by atoms with Crippen molar-refractivity contribution in [2.75, 3.05) is 25.7 Å². The minimum absolute atomic E-state index is 0.0286. The molecule has 4 unspecified atom stereocenters. The van der Waals surface area contributed by atoms with Gasteiger partial charge >= 0.3 is 0 Å². The molecule has 0 heterocycles. The normalized spacial score (nSPS) is 17.2. The first-order valence-corrected chi connectivity index (χ1v) is 12.4. The standard InChI is InChI=1S/C18H30O7S2/c1-14(11-24-26(4,19)20)15(2)16(3)18(25-27(5,21)22)13-23-12-17-9-7-6-8-10-17/h6-10,14-16,18H,11-13H2,1-5H3. The molecule has 0 saturated heterocycles. The van der Waals surface area contributed by atoms with Gasteiger partial charge in [0.25, 0.3) is 20.2 Å². The van der Waals surface area contributed by atoms with Crippen molar-refractivity contribution >= 4 is 20.2 Å². The van der Waals surface area contributed by atoms with E-state index in [1.807, 2.05) is 51.1 Å². The molecule has 0 spiro atoms. The maximum absolute atomic E-state index is 11.6. The number of hydrogen-bond donors (Lipinski definition) is 0. The Balaban J connectivity index is 2.72. The van der Waals surface area contributed by atoms with Gasteiger partial charge in [-0.2, -0.15) is 16.8 Å². The molecule has 0 aliphatic rings. The van der Waals surface area contributed by atoms with E-state index in [1.165, 1.54) is 0 Å². The minimum Gasteiger partial charge on any atom is -0.374 e. The van der Waals surface area contributed by atoms with E-state index in [2.05, 4.69) is 0 Å². The third kappa shape index (κ3) is 10.2. The molecule has 0 amide bonds. The molecule has 0 aliphatic heterocycles. The highest BCUT2D eigenvalue weighted by molar-refractivity contribution is 7.86. The number of rotatable bonds is 12. The minimum atomic E-state index is -3.67. The van der Waals surface area contributed by atoms with Gasteiger partial charge in [0.05, 0.1) is 32.3 Å². The van der Waals surface area contributed by atoms with Gasteiger partial charge in [-0.15, -0.1) is 0 Å². The molecule has 0 aromatic heterocycles. The predicted molar refractivity (Wildman–Crippen MR) is 104 cm³/mol. The zero-order valence-corrected chi connectivity index (χ0v) is 18.1. The average molecular weight is 423 g/mol. The highest BCUT2D eigenvalue weighted by Crippen LogP contribution is 2.27. The average Bonchev–Trinajstić information content (AvgIpc) is 2.56. The number of benzene rings is 1. The van der Waals surface area contributed by atoms with Crippen molar-refractivity contribution in [3.8, 4) is 0 Å². The second-order valence-electron chi connectivity index (χ2n) is 7.02. The van der Waals surface area contributed by atoms with E-state index in [0.717, 1.165) is 18.1 Å². The summed E-state index contributed by atoms with van der Waals surface area (Å²) < 4.78 is 61.4. The summed E-state index contributed by atoms with van der Waals surface area (Å²) in [4.78, 5) is 0. The van der Waals surface area contributed by atoms with Gasteiger partial charge in [-0.05, 0) is 23.3 Å². The van der Waals surface area contributed by atoms with Crippen molar-refractivity contribution in [3.63, 3.8) is 0 Å². The van der Waals surface area contributed by atoms with Crippen LogP contribution in [0.4, 0.5) is 0 Å². The second-order valence-corrected chi connectivity index (χ2v) is 10.3. The van der Waals surface area contributed by atoms with Crippen molar-refractivity contribution < 1.29 is 29.9 Å². The highest BCUT2D eigenvalue weighted by atomic mass is 32.2. The molecule has 1 rings (SSSR count). The van der Waals surface area contributed by atoms with Gasteiger partial charge in [0.15, 0.2) is 0 Å². The highest BCUT2D eigenvalue weighted by Gasteiger charge is 2.30. The molecule has 0 saturated carbocycles. The van der Waals surface area contributed by atoms with Gasteiger partial charge in [0.1, 0.15) is 6.10 Å². The van der Waals surface area contributed by atoms with Crippen LogP contribution in [0.2, 0.25) is 0 Å². The Hall–Kier alpha value is -1.00. The van der Waals surface area contributed by atoms with Crippen LogP contribution < -0.4 is 0 Å². The van der Waals surface area contributed by atoms with E-state index >= 15 is 0 Å². The van der Waals surface area contributed by atoms with Crippen molar-refractivity contribution in [1.29, 1.82) is 0 Å². The SMILES string of the molecule is CC(COS(C)(=O)=O)C(C)C(C)C(COCc1ccccc1)OS(C)(=O)=O. The second kappa shape index (κ2) is 10.5. The van der Waals surface area contributed by atoms with Crippen molar-refractivity contribution in [1.82, 2.24) is 0 Å². The van der Waals surface area contributed by atoms with Crippen LogP contribution >= 0.6 is 0 Å². The van der Waals surface area contributed by atoms with Crippen molar-refractivity contribution in [2.45, 2.75) is 33.5 Å². The molecule has 1 aromatic rings. The smallest absolute Gasteiger partial charge is 0.264 e. The van der Waals surface area contributed by atoms with Crippen LogP contribution in [0.25, 0.3) is 0 Å². The Morgan fingerprint density at radius 2 is 1.44 bits per heavy atom. The van der Waals surface area contributed by atoms with Crippen LogP contribution in [0, 0.1) is 17.8 Å². The van der Waals surface area contributed by atoms with E-state index in [4.69, 9.17) is 13.1 Å². The fourth-order valence-corrected chi connectivity index (χ4v) is 3.74. The van der Waals surface area contributed by atoms with Gasteiger partial charge in [0, 0.05) is 0 Å². The third-order valence-corrected chi connectivity index (χ3v) is 5.71. The molecule has 1 aromatic carbocycles. The van der Waals surface area contributed by atoms with Crippen molar-refractivity contribution in [3.05, 3.63) is 35.9 Å². The monoisotopic (exact) mass is 422 g/mol. The van der Waals surface area contributed by atoms with Crippen molar-refractivity contribution in [2.24, 2.45) is 17.8 Å². The van der Waals surface area contributed by atoms with Gasteiger partial charge in [-0.3, -0.25) is 8.37 Å². The molecule has 7 nitrogen and oxygen atoms in total. The van der Waals surface area contributed by atoms with Crippen LogP contribution in [0.3, 0.4) is 0 Å². The van der Waals surface area contributed by atoms with E-state index in [1.54, 1.807) is 0 Å². The summed E-state index contributed by atoms with van der Waals surface area (Å²) in [5.74, 6) is -0.373. The Bertz CT molecular complexity index is 760. The topological polar surface area (TPSA) is 96.0 Å². The molecule has 156 valence electrons. The summed E-state index contributed by atoms with van der Waals surface area (Å²) >= 11 is 0. The molecule has 0 bridgehead atoms. The molecular weight excluding hydrogens is 392 g/mol. The largest absolute Gasteiger partial charge is 0.374 e. The Labute approximate surface area is 163 Å². The fourth-order valence-electron chi connectivity index (χ4n) is 2.60. The zero-order valence-electron chi connectivity index (χ0n) is 16.5. The van der Waals surface area contributed by atoms with Crippen LogP contribution in [-0.2, 0) is 39.9 Å². The summed E-state index contributed by atoms with van der Waals surface area (Å²) in [7, 11) is -7.19. The van der Waals surface area contributed by atoms with E-state index in [0.29, 0.717) is 6.61 Å². The zero-order chi connectivity index (χ0) is 20.7. The van der Waals surface area contributed by atoms with E-state index in [-0.39, 0.29) is 31.0 Å². The first kappa shape index (κ1) is 24.0. The molecule has 9 heteroatoms. The number of hydrogen-bond acceptors (Lipinski definition) is 7. The van der Waals surface area contributed by atoms with Gasteiger partial charge in [0.2, 0.25) is 0 Å². The Morgan fingerprint density at radius 1 is 0.852 bits per heavy atom. The summed E-state index contributed by atoms with van der Waals surface area (Å²) in [5.41, 5.74) is 0.978. The molecule has 0 radical (unpaired) electrons. The van der Waals surface area contributed by atoms with E-state index < -0.39 is 26.3 Å². The summed E-state index contributed by atoms with van der Waals surface area (Å²) in [6, 6.07) is 9.55. The predicted octanol–water partition coefficient (Wildman–Crippen LogP) is 2.43. The summed E-state index contributed by atoms with van der Waals surface area (Å²) in [6.45, 7) is 6.11. The maximum atomic E-state index is 11.6. The maximum Gasteiger partial charge on any atom is 0.264 e. The fraction of sp³-hybridized carbons (Fsp3) is 0.667. The summed E-state index contributed by atoms with van der Waals surface area (Å²) in [5, 5.41) is 0. The van der Waals surface area contributed by atoms with Crippen LogP contribution in [0.15, 0.2) is 30.3 Å². The quantitative estimate of drug-likeness (QED) is 0.477. The van der Waals surface area contributed by atoms with Gasteiger partial charge in [-0.1, -0.05) is 51.1 Å². The number of ether oxygens (including phenoxy) is 1. The van der Waals surface area contributed by atoms with Crippen LogP contribution in [0.1, 0.15) is 26.3 Å². The molecule has 0 N–H and O–H groups in total. The van der Waals surface area contributed by atoms with E-state index in [9.17, 15) is 16.8 Å². The first-order valence-electron chi connectivity index (χ1n) is 8.73. The molecule has 0 fully saturated rings. The molecule has 0 aliphatic carbocycles. The Morgan fingerprint density at radius 3 is 1.96 bits per heavy atom. The summed E-state index contributed by atoms with van der Waals surface area (Å²) in [6.07, 6.45) is 1.32. The Kier molecular flexibility index (Phi) is 9.36.